The van der Waals surface area contributed by atoms with E-state index in [4.69, 9.17) is 4.84 Å². The smallest absolute Gasteiger partial charge is 0.132 e. The number of aromatic nitrogens is 2. The van der Waals surface area contributed by atoms with Crippen molar-refractivity contribution in [2.75, 3.05) is 6.61 Å². The van der Waals surface area contributed by atoms with E-state index in [-0.39, 0.29) is 0 Å². The van der Waals surface area contributed by atoms with Crippen LogP contribution in [0.3, 0.4) is 0 Å². The molecule has 72 valence electrons. The molecule has 1 aliphatic rings. The first-order chi connectivity index (χ1) is 6.09. The van der Waals surface area contributed by atoms with Crippen molar-refractivity contribution < 1.29 is 4.84 Å². The number of rotatable bonds is 0. The molecule has 3 nitrogen and oxygen atoms in total. The fourth-order valence-electron chi connectivity index (χ4n) is 1.94. The van der Waals surface area contributed by atoms with Gasteiger partial charge in [0.1, 0.15) is 12.9 Å². The summed E-state index contributed by atoms with van der Waals surface area (Å²) in [6, 6.07) is 0. The second kappa shape index (κ2) is 2.76. The van der Waals surface area contributed by atoms with Crippen molar-refractivity contribution in [3.63, 3.8) is 0 Å². The zero-order chi connectivity index (χ0) is 9.47. The van der Waals surface area contributed by atoms with E-state index < -0.39 is 0 Å². The molecule has 3 heteroatoms. The molecule has 1 atom stereocenters. The molecule has 1 aliphatic heterocycles. The highest BCUT2D eigenvalue weighted by molar-refractivity contribution is 5.10. The van der Waals surface area contributed by atoms with Gasteiger partial charge in [0.2, 0.25) is 0 Å². The maximum atomic E-state index is 5.44. The molecule has 1 aromatic heterocycles. The molecule has 13 heavy (non-hydrogen) atoms. The lowest BCUT2D eigenvalue weighted by Gasteiger charge is -2.34. The van der Waals surface area contributed by atoms with Crippen molar-refractivity contribution in [1.29, 1.82) is 0 Å². The zero-order valence-electron chi connectivity index (χ0n) is 8.45. The Hall–Kier alpha value is -0.990. The third-order valence-corrected chi connectivity index (χ3v) is 2.67. The minimum absolute atomic E-state index is 0.293. The largest absolute Gasteiger partial charge is 0.413 e. The number of hydrogen-bond acceptors (Lipinski definition) is 2. The zero-order valence-corrected chi connectivity index (χ0v) is 8.45. The molecular formula is C10H16N2O. The molecule has 0 amide bonds. The molecule has 2 heterocycles. The summed E-state index contributed by atoms with van der Waals surface area (Å²) in [4.78, 5) is 9.55. The Labute approximate surface area is 78.7 Å². The molecule has 0 aromatic carbocycles. The lowest BCUT2D eigenvalue weighted by atomic mass is 9.77. The number of nitrogens with zero attached hydrogens (tertiary/aromatic N) is 2. The number of fused-ring (bicyclic) bond motifs is 1. The number of imidazole rings is 1. The predicted octanol–water partition coefficient (Wildman–Crippen LogP) is 1.85. The molecule has 0 radical (unpaired) electrons. The third-order valence-electron chi connectivity index (χ3n) is 2.67. The molecule has 1 aromatic rings. The van der Waals surface area contributed by atoms with Crippen molar-refractivity contribution in [2.45, 2.75) is 33.1 Å². The lowest BCUT2D eigenvalue weighted by molar-refractivity contribution is 0.0503. The van der Waals surface area contributed by atoms with Crippen molar-refractivity contribution in [1.82, 2.24) is 9.71 Å². The van der Waals surface area contributed by atoms with Crippen LogP contribution >= 0.6 is 0 Å². The first-order valence-corrected chi connectivity index (χ1v) is 4.74. The maximum Gasteiger partial charge on any atom is 0.132 e. The highest BCUT2D eigenvalue weighted by Crippen LogP contribution is 2.38. The van der Waals surface area contributed by atoms with Crippen LogP contribution < -0.4 is 4.84 Å². The Balaban J connectivity index is 2.35. The van der Waals surface area contributed by atoms with E-state index in [1.807, 2.05) is 6.20 Å². The Morgan fingerprint density at radius 3 is 3.00 bits per heavy atom. The second-order valence-electron chi connectivity index (χ2n) is 4.68. The second-order valence-corrected chi connectivity index (χ2v) is 4.68. The molecule has 0 aliphatic carbocycles. The fraction of sp³-hybridized carbons (Fsp3) is 0.700. The van der Waals surface area contributed by atoms with Gasteiger partial charge in [-0.2, -0.15) is 4.73 Å². The van der Waals surface area contributed by atoms with Gasteiger partial charge in [0.05, 0.1) is 11.9 Å². The topological polar surface area (TPSA) is 27.1 Å². The summed E-state index contributed by atoms with van der Waals surface area (Å²) in [6.07, 6.45) is 4.75. The van der Waals surface area contributed by atoms with Gasteiger partial charge < -0.3 is 4.84 Å². The van der Waals surface area contributed by atoms with Crippen LogP contribution in [-0.2, 0) is 0 Å². The Morgan fingerprint density at radius 1 is 1.54 bits per heavy atom. The van der Waals surface area contributed by atoms with Crippen LogP contribution in [0.1, 0.15) is 38.8 Å². The van der Waals surface area contributed by atoms with Crippen molar-refractivity contribution in [3.8, 4) is 0 Å². The van der Waals surface area contributed by atoms with E-state index in [2.05, 4.69) is 25.8 Å². The fourth-order valence-corrected chi connectivity index (χ4v) is 1.94. The first-order valence-electron chi connectivity index (χ1n) is 4.74. The van der Waals surface area contributed by atoms with E-state index in [0.29, 0.717) is 11.3 Å². The molecule has 0 N–H and O–H groups in total. The summed E-state index contributed by atoms with van der Waals surface area (Å²) in [5.74, 6) is 0.559. The molecule has 0 saturated heterocycles. The van der Waals surface area contributed by atoms with Crippen LogP contribution in [0.25, 0.3) is 0 Å². The minimum Gasteiger partial charge on any atom is -0.413 e. The van der Waals surface area contributed by atoms with Crippen molar-refractivity contribution in [3.05, 3.63) is 18.2 Å². The summed E-state index contributed by atoms with van der Waals surface area (Å²) in [7, 11) is 0. The molecular weight excluding hydrogens is 164 g/mol. The van der Waals surface area contributed by atoms with E-state index in [1.54, 1.807) is 11.1 Å². The van der Waals surface area contributed by atoms with E-state index in [1.165, 1.54) is 5.69 Å². The normalized spacial score (nSPS) is 22.2. The average Bonchev–Trinajstić information content (AvgIpc) is 2.48. The van der Waals surface area contributed by atoms with Crippen molar-refractivity contribution >= 4 is 0 Å². The summed E-state index contributed by atoms with van der Waals surface area (Å²) in [5.41, 5.74) is 1.50. The van der Waals surface area contributed by atoms with Crippen LogP contribution in [0.2, 0.25) is 0 Å². The van der Waals surface area contributed by atoms with Gasteiger partial charge >= 0.3 is 0 Å². The van der Waals surface area contributed by atoms with Gasteiger partial charge in [0.15, 0.2) is 0 Å². The minimum atomic E-state index is 0.293. The third kappa shape index (κ3) is 1.43. The molecule has 2 rings (SSSR count). The summed E-state index contributed by atoms with van der Waals surface area (Å²) < 4.78 is 1.80. The van der Waals surface area contributed by atoms with E-state index in [9.17, 15) is 0 Å². The van der Waals surface area contributed by atoms with Crippen LogP contribution in [0.5, 0.6) is 0 Å². The van der Waals surface area contributed by atoms with Crippen LogP contribution in [0.4, 0.5) is 0 Å². The molecule has 0 fully saturated rings. The van der Waals surface area contributed by atoms with Gasteiger partial charge in [0.25, 0.3) is 0 Å². The highest BCUT2D eigenvalue weighted by Gasteiger charge is 2.31. The molecule has 1 unspecified atom stereocenters. The molecule has 0 saturated carbocycles. The average molecular weight is 180 g/mol. The Kier molecular flexibility index (Phi) is 1.82. The first kappa shape index (κ1) is 8.60. The quantitative estimate of drug-likeness (QED) is 0.609. The van der Waals surface area contributed by atoms with Gasteiger partial charge in [-0.1, -0.05) is 20.8 Å². The van der Waals surface area contributed by atoms with E-state index >= 15 is 0 Å². The van der Waals surface area contributed by atoms with E-state index in [0.717, 1.165) is 13.0 Å². The highest BCUT2D eigenvalue weighted by atomic mass is 16.7. The van der Waals surface area contributed by atoms with Gasteiger partial charge in [-0.25, -0.2) is 4.98 Å². The van der Waals surface area contributed by atoms with Gasteiger partial charge in [-0.15, -0.1) is 0 Å². The van der Waals surface area contributed by atoms with Gasteiger partial charge in [-0.3, -0.25) is 0 Å². The SMILES string of the molecule is CC(C)(C)C1CCOn2cncc21. The molecule has 0 spiro atoms. The summed E-state index contributed by atoms with van der Waals surface area (Å²) >= 11 is 0. The molecule has 0 bridgehead atoms. The van der Waals surface area contributed by atoms with Crippen molar-refractivity contribution in [2.24, 2.45) is 5.41 Å². The number of hydrogen-bond donors (Lipinski definition) is 0. The Bertz CT molecular complexity index is 298. The summed E-state index contributed by atoms with van der Waals surface area (Å²) in [5, 5.41) is 0. The standard InChI is InChI=1S/C10H16N2O/c1-10(2,3)8-4-5-13-12-7-11-6-9(8)12/h6-8H,4-5H2,1-3H3. The predicted molar refractivity (Wildman–Crippen MR) is 50.5 cm³/mol. The van der Waals surface area contributed by atoms with Gasteiger partial charge in [0, 0.05) is 5.92 Å². The lowest BCUT2D eigenvalue weighted by Crippen LogP contribution is -2.31. The van der Waals surface area contributed by atoms with Crippen LogP contribution in [-0.4, -0.2) is 16.3 Å². The maximum absolute atomic E-state index is 5.44. The monoisotopic (exact) mass is 180 g/mol. The summed E-state index contributed by atoms with van der Waals surface area (Å²) in [6.45, 7) is 7.59. The van der Waals surface area contributed by atoms with Crippen LogP contribution in [0, 0.1) is 5.41 Å². The van der Waals surface area contributed by atoms with Gasteiger partial charge in [-0.05, 0) is 11.8 Å². The van der Waals surface area contributed by atoms with Crippen LogP contribution in [0.15, 0.2) is 12.5 Å². The Morgan fingerprint density at radius 2 is 2.31 bits per heavy atom.